The SMILES string of the molecule is N#CC(C#N)=C/C=C1\C=CC=CN1CC(=O)N1c2ccccc2Sc2ccccc21. The van der Waals surface area contributed by atoms with Gasteiger partial charge >= 0.3 is 0 Å². The highest BCUT2D eigenvalue weighted by Gasteiger charge is 2.28. The standard InChI is InChI=1S/C24H16N4OS/c25-15-18(16-26)12-13-19-7-5-6-14-27(19)17-24(29)28-20-8-1-3-10-22(20)30-23-11-4-2-9-21(23)28/h1-14H,17H2/b19-13+. The Hall–Kier alpha value is -4.00. The Morgan fingerprint density at radius 3 is 2.23 bits per heavy atom. The van der Waals surface area contributed by atoms with Gasteiger partial charge in [-0.25, -0.2) is 0 Å². The number of hydrogen-bond donors (Lipinski definition) is 0. The van der Waals surface area contributed by atoms with Crippen molar-refractivity contribution in [3.63, 3.8) is 0 Å². The first kappa shape index (κ1) is 19.3. The molecule has 2 aromatic rings. The summed E-state index contributed by atoms with van der Waals surface area (Å²) >= 11 is 1.65. The van der Waals surface area contributed by atoms with Gasteiger partial charge in [-0.05, 0) is 48.6 Å². The lowest BCUT2D eigenvalue weighted by Crippen LogP contribution is -2.37. The van der Waals surface area contributed by atoms with Crippen molar-refractivity contribution in [2.24, 2.45) is 0 Å². The molecule has 4 rings (SSSR count). The summed E-state index contributed by atoms with van der Waals surface area (Å²) in [5.41, 5.74) is 2.46. The molecule has 1 amide bonds. The molecule has 0 bridgehead atoms. The summed E-state index contributed by atoms with van der Waals surface area (Å²) in [4.78, 5) is 19.1. The summed E-state index contributed by atoms with van der Waals surface area (Å²) in [7, 11) is 0. The fourth-order valence-corrected chi connectivity index (χ4v) is 4.30. The normalized spacial score (nSPS) is 15.1. The van der Waals surface area contributed by atoms with Gasteiger partial charge in [0.1, 0.15) is 24.3 Å². The van der Waals surface area contributed by atoms with Crippen molar-refractivity contribution in [3.05, 3.63) is 96.4 Å². The van der Waals surface area contributed by atoms with Gasteiger partial charge in [-0.1, -0.05) is 42.1 Å². The summed E-state index contributed by atoms with van der Waals surface area (Å²) < 4.78 is 0. The van der Waals surface area contributed by atoms with E-state index < -0.39 is 0 Å². The van der Waals surface area contributed by atoms with Gasteiger partial charge in [0.25, 0.3) is 5.91 Å². The van der Waals surface area contributed by atoms with Crippen molar-refractivity contribution in [3.8, 4) is 12.1 Å². The molecule has 6 heteroatoms. The maximum Gasteiger partial charge on any atom is 0.251 e. The van der Waals surface area contributed by atoms with E-state index in [2.05, 4.69) is 0 Å². The first-order valence-electron chi connectivity index (χ1n) is 9.24. The summed E-state index contributed by atoms with van der Waals surface area (Å²) in [6.07, 6.45) is 10.5. The smallest absolute Gasteiger partial charge is 0.251 e. The summed E-state index contributed by atoms with van der Waals surface area (Å²) in [6, 6.07) is 19.4. The molecule has 0 N–H and O–H groups in total. The maximum atomic E-state index is 13.5. The molecule has 2 heterocycles. The number of hydrogen-bond acceptors (Lipinski definition) is 5. The van der Waals surface area contributed by atoms with Gasteiger partial charge in [-0.2, -0.15) is 10.5 Å². The Kier molecular flexibility index (Phi) is 5.52. The summed E-state index contributed by atoms with van der Waals surface area (Å²) in [6.45, 7) is 0.113. The zero-order valence-corrected chi connectivity index (χ0v) is 16.7. The van der Waals surface area contributed by atoms with E-state index in [1.165, 1.54) is 6.08 Å². The van der Waals surface area contributed by atoms with E-state index in [-0.39, 0.29) is 18.0 Å². The van der Waals surface area contributed by atoms with Crippen molar-refractivity contribution >= 4 is 29.0 Å². The van der Waals surface area contributed by atoms with Gasteiger partial charge in [0.15, 0.2) is 0 Å². The molecule has 0 saturated heterocycles. The third kappa shape index (κ3) is 3.77. The lowest BCUT2D eigenvalue weighted by Gasteiger charge is -2.33. The van der Waals surface area contributed by atoms with Crippen LogP contribution in [0.15, 0.2) is 106 Å². The van der Waals surface area contributed by atoms with Crippen molar-refractivity contribution in [1.29, 1.82) is 10.5 Å². The maximum absolute atomic E-state index is 13.5. The van der Waals surface area contributed by atoms with E-state index in [4.69, 9.17) is 10.5 Å². The molecule has 30 heavy (non-hydrogen) atoms. The Labute approximate surface area is 179 Å². The molecular weight excluding hydrogens is 392 g/mol. The van der Waals surface area contributed by atoms with Crippen LogP contribution in [-0.4, -0.2) is 17.4 Å². The number of carbonyl (C=O) groups is 1. The molecule has 0 unspecified atom stereocenters. The molecule has 0 radical (unpaired) electrons. The van der Waals surface area contributed by atoms with Crippen LogP contribution in [0.5, 0.6) is 0 Å². The second kappa shape index (κ2) is 8.57. The summed E-state index contributed by atoms with van der Waals surface area (Å²) in [5, 5.41) is 17.9. The van der Waals surface area contributed by atoms with E-state index in [0.29, 0.717) is 0 Å². The molecule has 0 aromatic heterocycles. The first-order chi connectivity index (χ1) is 14.7. The number of nitriles is 2. The second-order valence-electron chi connectivity index (χ2n) is 6.49. The molecule has 0 atom stereocenters. The second-order valence-corrected chi connectivity index (χ2v) is 7.57. The van der Waals surface area contributed by atoms with Crippen molar-refractivity contribution in [1.82, 2.24) is 4.90 Å². The molecule has 5 nitrogen and oxygen atoms in total. The van der Waals surface area contributed by atoms with Crippen LogP contribution in [0.4, 0.5) is 11.4 Å². The van der Waals surface area contributed by atoms with Crippen LogP contribution in [0.25, 0.3) is 0 Å². The van der Waals surface area contributed by atoms with Crippen LogP contribution in [0.2, 0.25) is 0 Å². The minimum atomic E-state index is -0.0779. The Morgan fingerprint density at radius 2 is 1.60 bits per heavy atom. The minimum absolute atomic E-state index is 0.00707. The topological polar surface area (TPSA) is 71.1 Å². The summed E-state index contributed by atoms with van der Waals surface area (Å²) in [5.74, 6) is -0.0779. The van der Waals surface area contributed by atoms with Gasteiger partial charge < -0.3 is 4.90 Å². The molecule has 0 fully saturated rings. The predicted molar refractivity (Wildman–Crippen MR) is 117 cm³/mol. The quantitative estimate of drug-likeness (QED) is 0.664. The van der Waals surface area contributed by atoms with E-state index in [1.807, 2.05) is 85.1 Å². The van der Waals surface area contributed by atoms with E-state index >= 15 is 0 Å². The van der Waals surface area contributed by atoms with E-state index in [1.54, 1.807) is 27.6 Å². The molecule has 144 valence electrons. The number of benzene rings is 2. The fourth-order valence-electron chi connectivity index (χ4n) is 3.24. The number of carbonyl (C=O) groups excluding carboxylic acids is 1. The molecule has 2 aromatic carbocycles. The lowest BCUT2D eigenvalue weighted by atomic mass is 10.2. The molecular formula is C24H16N4OS. The van der Waals surface area contributed by atoms with Gasteiger partial charge in [0.05, 0.1) is 11.4 Å². The zero-order valence-electron chi connectivity index (χ0n) is 15.9. The number of nitrogens with zero attached hydrogens (tertiary/aromatic N) is 4. The number of para-hydroxylation sites is 2. The lowest BCUT2D eigenvalue weighted by molar-refractivity contribution is -0.118. The molecule has 0 saturated carbocycles. The Balaban J connectivity index is 1.66. The van der Waals surface area contributed by atoms with Crippen LogP contribution >= 0.6 is 11.8 Å². The number of amides is 1. The van der Waals surface area contributed by atoms with Crippen molar-refractivity contribution in [2.75, 3.05) is 11.4 Å². The van der Waals surface area contributed by atoms with Crippen LogP contribution in [0.1, 0.15) is 0 Å². The fraction of sp³-hybridized carbons (Fsp3) is 0.0417. The highest BCUT2D eigenvalue weighted by Crippen LogP contribution is 2.47. The van der Waals surface area contributed by atoms with Gasteiger partial charge in [-0.15, -0.1) is 0 Å². The average molecular weight is 408 g/mol. The number of anilines is 2. The third-order valence-electron chi connectivity index (χ3n) is 4.62. The average Bonchev–Trinajstić information content (AvgIpc) is 2.79. The first-order valence-corrected chi connectivity index (χ1v) is 10.1. The van der Waals surface area contributed by atoms with Gasteiger partial charge in [0.2, 0.25) is 0 Å². The van der Waals surface area contributed by atoms with Crippen molar-refractivity contribution < 1.29 is 4.79 Å². The molecule has 0 spiro atoms. The largest absolute Gasteiger partial charge is 0.339 e. The minimum Gasteiger partial charge on any atom is -0.339 e. The van der Waals surface area contributed by atoms with Gasteiger partial charge in [-0.3, -0.25) is 9.69 Å². The molecule has 2 aliphatic heterocycles. The van der Waals surface area contributed by atoms with Crippen LogP contribution in [0.3, 0.4) is 0 Å². The molecule has 0 aliphatic carbocycles. The van der Waals surface area contributed by atoms with Crippen molar-refractivity contribution in [2.45, 2.75) is 9.79 Å². The number of allylic oxidation sites excluding steroid dienone is 6. The molecule has 2 aliphatic rings. The highest BCUT2D eigenvalue weighted by atomic mass is 32.2. The Morgan fingerprint density at radius 1 is 0.967 bits per heavy atom. The van der Waals surface area contributed by atoms with Crippen LogP contribution in [-0.2, 0) is 4.79 Å². The van der Waals surface area contributed by atoms with Gasteiger partial charge in [0, 0.05) is 21.7 Å². The number of fused-ring (bicyclic) bond motifs is 2. The predicted octanol–water partition coefficient (Wildman–Crippen LogP) is 5.06. The third-order valence-corrected chi connectivity index (χ3v) is 5.75. The monoisotopic (exact) mass is 408 g/mol. The number of rotatable bonds is 3. The highest BCUT2D eigenvalue weighted by molar-refractivity contribution is 7.99. The van der Waals surface area contributed by atoms with Crippen LogP contribution in [0, 0.1) is 22.7 Å². The Bertz CT molecular complexity index is 1150. The van der Waals surface area contributed by atoms with E-state index in [9.17, 15) is 4.79 Å². The van der Waals surface area contributed by atoms with E-state index in [0.717, 1.165) is 26.9 Å². The zero-order chi connectivity index (χ0) is 20.9. The van der Waals surface area contributed by atoms with Crippen LogP contribution < -0.4 is 4.90 Å².